The van der Waals surface area contributed by atoms with Crippen molar-refractivity contribution in [3.63, 3.8) is 0 Å². The van der Waals surface area contributed by atoms with Gasteiger partial charge in [-0.1, -0.05) is 25.8 Å². The van der Waals surface area contributed by atoms with Gasteiger partial charge in [0.05, 0.1) is 13.2 Å². The SMILES string of the molecule is CCCCCOc1cc(N2CCCN(Cc3ccnc4c3ccn4CC(=O)N3CCN(C)C(=O)C3)C2=O)ccc1C1CC1. The predicted molar refractivity (Wildman–Crippen MR) is 165 cm³/mol. The lowest BCUT2D eigenvalue weighted by Crippen LogP contribution is -2.51. The van der Waals surface area contributed by atoms with Crippen LogP contribution in [0, 0.1) is 0 Å². The third kappa shape index (κ3) is 6.33. The summed E-state index contributed by atoms with van der Waals surface area (Å²) in [6, 6.07) is 10.2. The third-order valence-electron chi connectivity index (χ3n) is 8.87. The van der Waals surface area contributed by atoms with E-state index in [4.69, 9.17) is 4.74 Å². The molecule has 2 aliphatic heterocycles. The Hall–Kier alpha value is -4.08. The van der Waals surface area contributed by atoms with Crippen LogP contribution in [0.4, 0.5) is 10.5 Å². The third-order valence-corrected chi connectivity index (χ3v) is 8.87. The van der Waals surface area contributed by atoms with E-state index in [2.05, 4.69) is 30.1 Å². The maximum absolute atomic E-state index is 13.8. The number of ether oxygens (including phenoxy) is 1. The largest absolute Gasteiger partial charge is 0.493 e. The second kappa shape index (κ2) is 12.7. The van der Waals surface area contributed by atoms with E-state index in [0.29, 0.717) is 50.9 Å². The molecule has 4 amide bonds. The first-order valence-corrected chi connectivity index (χ1v) is 15.7. The molecule has 1 saturated carbocycles. The van der Waals surface area contributed by atoms with Gasteiger partial charge in [-0.15, -0.1) is 0 Å². The number of amides is 4. The van der Waals surface area contributed by atoms with Crippen LogP contribution in [0.25, 0.3) is 11.0 Å². The van der Waals surface area contributed by atoms with E-state index in [0.717, 1.165) is 48.1 Å². The summed E-state index contributed by atoms with van der Waals surface area (Å²) in [5.74, 6) is 1.35. The number of hydrogen-bond donors (Lipinski definition) is 0. The van der Waals surface area contributed by atoms with Crippen molar-refractivity contribution in [2.75, 3.05) is 51.3 Å². The number of urea groups is 1. The van der Waals surface area contributed by atoms with Crippen molar-refractivity contribution >= 4 is 34.6 Å². The highest BCUT2D eigenvalue weighted by atomic mass is 16.5. The molecule has 10 heteroatoms. The second-order valence-corrected chi connectivity index (χ2v) is 12.0. The van der Waals surface area contributed by atoms with Crippen molar-refractivity contribution in [3.8, 4) is 5.75 Å². The van der Waals surface area contributed by atoms with E-state index in [-0.39, 0.29) is 30.9 Å². The van der Waals surface area contributed by atoms with E-state index >= 15 is 0 Å². The van der Waals surface area contributed by atoms with Crippen molar-refractivity contribution in [1.29, 1.82) is 0 Å². The molecule has 0 spiro atoms. The Morgan fingerprint density at radius 3 is 2.70 bits per heavy atom. The van der Waals surface area contributed by atoms with E-state index in [9.17, 15) is 14.4 Å². The highest BCUT2D eigenvalue weighted by Gasteiger charge is 2.31. The smallest absolute Gasteiger partial charge is 0.324 e. The van der Waals surface area contributed by atoms with Crippen LogP contribution in [0.15, 0.2) is 42.7 Å². The molecule has 0 radical (unpaired) electrons. The molecular formula is C33H42N6O4. The van der Waals surface area contributed by atoms with Gasteiger partial charge in [0.1, 0.15) is 17.9 Å². The minimum Gasteiger partial charge on any atom is -0.493 e. The number of rotatable bonds is 11. The van der Waals surface area contributed by atoms with Crippen LogP contribution in [0.2, 0.25) is 0 Å². The van der Waals surface area contributed by atoms with Crippen LogP contribution in [-0.4, -0.2) is 88.5 Å². The van der Waals surface area contributed by atoms with E-state index < -0.39 is 0 Å². The number of aromatic nitrogens is 2. The first kappa shape index (κ1) is 29.0. The first-order valence-electron chi connectivity index (χ1n) is 15.7. The summed E-state index contributed by atoms with van der Waals surface area (Å²) in [6.45, 7) is 6.00. The number of hydrogen-bond acceptors (Lipinski definition) is 5. The second-order valence-electron chi connectivity index (χ2n) is 12.0. The van der Waals surface area contributed by atoms with E-state index in [1.807, 2.05) is 32.7 Å². The maximum atomic E-state index is 13.8. The molecule has 228 valence electrons. The molecule has 0 N–H and O–H groups in total. The molecule has 0 unspecified atom stereocenters. The number of anilines is 1. The molecular weight excluding hydrogens is 544 g/mol. The average molecular weight is 587 g/mol. The molecule has 3 fully saturated rings. The topological polar surface area (TPSA) is 91.2 Å². The lowest BCUT2D eigenvalue weighted by molar-refractivity contribution is -0.144. The van der Waals surface area contributed by atoms with E-state index in [1.54, 1.807) is 23.0 Å². The summed E-state index contributed by atoms with van der Waals surface area (Å²) in [5.41, 5.74) is 3.85. The van der Waals surface area contributed by atoms with Gasteiger partial charge in [0.2, 0.25) is 11.8 Å². The van der Waals surface area contributed by atoms with Gasteiger partial charge < -0.3 is 24.0 Å². The van der Waals surface area contributed by atoms with Gasteiger partial charge in [0, 0.05) is 69.3 Å². The highest BCUT2D eigenvalue weighted by molar-refractivity contribution is 5.93. The van der Waals surface area contributed by atoms with Crippen molar-refractivity contribution in [3.05, 3.63) is 53.9 Å². The lowest BCUT2D eigenvalue weighted by atomic mass is 10.1. The fourth-order valence-corrected chi connectivity index (χ4v) is 6.08. The molecule has 0 bridgehead atoms. The standard InChI is InChI=1S/C33H42N6O4/c1-3-4-5-19-43-29-20-26(9-10-27(29)24-7-8-24)39-15-6-14-38(33(39)42)21-25-11-13-34-32-28(25)12-16-37(32)23-31(41)36-18-17-35(2)30(40)22-36/h9-13,16,20,24H,3-8,14-15,17-19,21-23H2,1-2H3. The zero-order valence-electron chi connectivity index (χ0n) is 25.3. The van der Waals surface area contributed by atoms with Crippen LogP contribution in [0.1, 0.15) is 62.5 Å². The molecule has 1 aromatic carbocycles. The number of likely N-dealkylation sites (N-methyl/N-ethyl adjacent to an activating group) is 1. The highest BCUT2D eigenvalue weighted by Crippen LogP contribution is 2.45. The lowest BCUT2D eigenvalue weighted by Gasteiger charge is -2.36. The van der Waals surface area contributed by atoms with Crippen molar-refractivity contribution in [2.45, 2.75) is 64.5 Å². The Morgan fingerprint density at radius 1 is 1.05 bits per heavy atom. The average Bonchev–Trinajstić information content (AvgIpc) is 3.78. The Kier molecular flexibility index (Phi) is 8.54. The Balaban J connectivity index is 1.15. The van der Waals surface area contributed by atoms with Gasteiger partial charge >= 0.3 is 6.03 Å². The summed E-state index contributed by atoms with van der Waals surface area (Å²) in [4.78, 5) is 50.5. The number of piperazine rings is 1. The van der Waals surface area contributed by atoms with Gasteiger partial charge in [-0.3, -0.25) is 14.5 Å². The molecule has 2 saturated heterocycles. The quantitative estimate of drug-likeness (QED) is 0.306. The minimum absolute atomic E-state index is 0.0124. The maximum Gasteiger partial charge on any atom is 0.324 e. The van der Waals surface area contributed by atoms with Crippen LogP contribution >= 0.6 is 0 Å². The molecule has 6 rings (SSSR count). The summed E-state index contributed by atoms with van der Waals surface area (Å²) in [5, 5.41) is 0.922. The molecule has 10 nitrogen and oxygen atoms in total. The van der Waals surface area contributed by atoms with Crippen molar-refractivity contribution in [1.82, 2.24) is 24.3 Å². The molecule has 43 heavy (non-hydrogen) atoms. The Bertz CT molecular complexity index is 1500. The minimum atomic E-state index is -0.102. The monoisotopic (exact) mass is 586 g/mol. The van der Waals surface area contributed by atoms with Gasteiger partial charge in [-0.05, 0) is 60.9 Å². The fraction of sp³-hybridized carbons (Fsp3) is 0.515. The van der Waals surface area contributed by atoms with Crippen LogP contribution in [-0.2, 0) is 22.7 Å². The molecule has 3 aliphatic rings. The molecule has 0 atom stereocenters. The van der Waals surface area contributed by atoms with E-state index in [1.165, 1.54) is 18.4 Å². The van der Waals surface area contributed by atoms with Gasteiger partial charge in [-0.2, -0.15) is 0 Å². The number of carbonyl (C=O) groups excluding carboxylic acids is 3. The number of unbranched alkanes of at least 4 members (excludes halogenated alkanes) is 2. The summed E-state index contributed by atoms with van der Waals surface area (Å²) in [7, 11) is 1.76. The van der Waals surface area contributed by atoms with Crippen LogP contribution < -0.4 is 9.64 Å². The van der Waals surface area contributed by atoms with Gasteiger partial charge in [0.15, 0.2) is 0 Å². The Morgan fingerprint density at radius 2 is 1.91 bits per heavy atom. The number of pyridine rings is 1. The normalized spacial score (nSPS) is 17.7. The molecule has 2 aromatic heterocycles. The summed E-state index contributed by atoms with van der Waals surface area (Å²) in [6.07, 6.45) is 10.2. The van der Waals surface area contributed by atoms with Crippen molar-refractivity contribution < 1.29 is 19.1 Å². The number of benzene rings is 1. The summed E-state index contributed by atoms with van der Waals surface area (Å²) < 4.78 is 8.08. The van der Waals surface area contributed by atoms with Gasteiger partial charge in [-0.25, -0.2) is 9.78 Å². The van der Waals surface area contributed by atoms with Crippen LogP contribution in [0.3, 0.4) is 0 Å². The number of nitrogens with zero attached hydrogens (tertiary/aromatic N) is 6. The van der Waals surface area contributed by atoms with Crippen LogP contribution in [0.5, 0.6) is 5.75 Å². The molecule has 1 aliphatic carbocycles. The Labute approximate surface area is 253 Å². The fourth-order valence-electron chi connectivity index (χ4n) is 6.08. The first-order chi connectivity index (χ1) is 20.9. The molecule has 3 aromatic rings. The summed E-state index contributed by atoms with van der Waals surface area (Å²) >= 11 is 0. The predicted octanol–water partition coefficient (Wildman–Crippen LogP) is 4.62. The number of fused-ring (bicyclic) bond motifs is 1. The molecule has 4 heterocycles. The van der Waals surface area contributed by atoms with Crippen molar-refractivity contribution in [2.24, 2.45) is 0 Å². The number of carbonyl (C=O) groups is 3. The zero-order chi connectivity index (χ0) is 29.9. The zero-order valence-corrected chi connectivity index (χ0v) is 25.3. The van der Waals surface area contributed by atoms with Gasteiger partial charge in [0.25, 0.3) is 0 Å².